The highest BCUT2D eigenvalue weighted by Crippen LogP contribution is 2.41. The summed E-state index contributed by atoms with van der Waals surface area (Å²) in [4.78, 5) is 20.9. The zero-order chi connectivity index (χ0) is 19.0. The molecule has 134 valence electrons. The van der Waals surface area contributed by atoms with E-state index in [0.717, 1.165) is 22.1 Å². The van der Waals surface area contributed by atoms with E-state index in [1.54, 1.807) is 19.2 Å². The molecule has 0 saturated heterocycles. The fourth-order valence-electron chi connectivity index (χ4n) is 3.30. The van der Waals surface area contributed by atoms with Crippen molar-refractivity contribution in [2.24, 2.45) is 0 Å². The maximum atomic E-state index is 12.3. The summed E-state index contributed by atoms with van der Waals surface area (Å²) in [5.41, 5.74) is 3.24. The standard InChI is InChI=1S/C22H18N2O3/c1-3-14-11-17-16(15-7-5-4-6-8-15)12-19(25)27-22(17)20(21(14)26)18-9-10-23-13(2)24-18/h4-12,26H,3H2,1-2H3. The van der Waals surface area contributed by atoms with E-state index in [4.69, 9.17) is 4.42 Å². The molecule has 0 aliphatic heterocycles. The van der Waals surface area contributed by atoms with E-state index in [9.17, 15) is 9.90 Å². The fourth-order valence-corrected chi connectivity index (χ4v) is 3.30. The molecule has 4 rings (SSSR count). The summed E-state index contributed by atoms with van der Waals surface area (Å²) in [7, 11) is 0. The smallest absolute Gasteiger partial charge is 0.336 e. The topological polar surface area (TPSA) is 76.2 Å². The second-order valence-corrected chi connectivity index (χ2v) is 6.32. The number of aromatic nitrogens is 2. The van der Waals surface area contributed by atoms with Gasteiger partial charge >= 0.3 is 5.63 Å². The van der Waals surface area contributed by atoms with Gasteiger partial charge in [0.15, 0.2) is 5.58 Å². The maximum absolute atomic E-state index is 12.3. The minimum atomic E-state index is -0.475. The van der Waals surface area contributed by atoms with Crippen molar-refractivity contribution in [3.8, 4) is 28.1 Å². The number of aryl methyl sites for hydroxylation is 2. The van der Waals surface area contributed by atoms with Crippen molar-refractivity contribution < 1.29 is 9.52 Å². The van der Waals surface area contributed by atoms with Crippen LogP contribution in [0.15, 0.2) is 63.9 Å². The van der Waals surface area contributed by atoms with Crippen molar-refractivity contribution in [3.63, 3.8) is 0 Å². The molecular weight excluding hydrogens is 340 g/mol. The second kappa shape index (κ2) is 6.68. The van der Waals surface area contributed by atoms with E-state index in [0.29, 0.717) is 29.1 Å². The number of nitrogens with zero attached hydrogens (tertiary/aromatic N) is 2. The molecule has 0 aliphatic rings. The highest BCUT2D eigenvalue weighted by Gasteiger charge is 2.20. The molecule has 0 radical (unpaired) electrons. The van der Waals surface area contributed by atoms with Crippen molar-refractivity contribution in [3.05, 3.63) is 76.5 Å². The van der Waals surface area contributed by atoms with Gasteiger partial charge in [-0.2, -0.15) is 0 Å². The Balaban J connectivity index is 2.16. The van der Waals surface area contributed by atoms with Crippen molar-refractivity contribution in [2.75, 3.05) is 0 Å². The summed E-state index contributed by atoms with van der Waals surface area (Å²) < 4.78 is 5.55. The Hall–Kier alpha value is -3.47. The third-order valence-corrected chi connectivity index (χ3v) is 4.58. The van der Waals surface area contributed by atoms with Gasteiger partial charge in [0.25, 0.3) is 0 Å². The third-order valence-electron chi connectivity index (χ3n) is 4.58. The lowest BCUT2D eigenvalue weighted by molar-refractivity contribution is 0.469. The normalized spacial score (nSPS) is 11.0. The summed E-state index contributed by atoms with van der Waals surface area (Å²) in [6.45, 7) is 3.75. The van der Waals surface area contributed by atoms with Gasteiger partial charge in [0.2, 0.25) is 0 Å². The number of hydrogen-bond donors (Lipinski definition) is 1. The van der Waals surface area contributed by atoms with Gasteiger partial charge in [-0.05, 0) is 42.2 Å². The highest BCUT2D eigenvalue weighted by atomic mass is 16.4. The number of phenolic OH excluding ortho intramolecular Hbond substituents is 1. The predicted molar refractivity (Wildman–Crippen MR) is 105 cm³/mol. The molecule has 0 bridgehead atoms. The van der Waals surface area contributed by atoms with Crippen LogP contribution in [0, 0.1) is 6.92 Å². The molecule has 0 unspecified atom stereocenters. The molecule has 2 aromatic carbocycles. The SMILES string of the molecule is CCc1cc2c(-c3ccccc3)cc(=O)oc2c(-c2ccnc(C)n2)c1O. The molecule has 2 aromatic heterocycles. The van der Waals surface area contributed by atoms with Gasteiger partial charge in [0.1, 0.15) is 11.6 Å². The summed E-state index contributed by atoms with van der Waals surface area (Å²) in [6.07, 6.45) is 2.26. The molecule has 4 aromatic rings. The Kier molecular flexibility index (Phi) is 4.20. The zero-order valence-electron chi connectivity index (χ0n) is 15.1. The summed E-state index contributed by atoms with van der Waals surface area (Å²) in [5.74, 6) is 0.653. The van der Waals surface area contributed by atoms with Crippen LogP contribution in [0.5, 0.6) is 5.75 Å². The lowest BCUT2D eigenvalue weighted by Crippen LogP contribution is -2.01. The lowest BCUT2D eigenvalue weighted by Gasteiger charge is -2.14. The monoisotopic (exact) mass is 358 g/mol. The van der Waals surface area contributed by atoms with Crippen LogP contribution in [0.25, 0.3) is 33.4 Å². The number of rotatable bonds is 3. The van der Waals surface area contributed by atoms with Gasteiger partial charge in [-0.25, -0.2) is 14.8 Å². The fraction of sp³-hybridized carbons (Fsp3) is 0.136. The predicted octanol–water partition coefficient (Wildman–Crippen LogP) is 4.49. The molecule has 0 amide bonds. The van der Waals surface area contributed by atoms with E-state index in [2.05, 4.69) is 9.97 Å². The van der Waals surface area contributed by atoms with Crippen LogP contribution in [0.3, 0.4) is 0 Å². The Bertz CT molecular complexity index is 1200. The first kappa shape index (κ1) is 17.0. The van der Waals surface area contributed by atoms with Crippen molar-refractivity contribution in [2.45, 2.75) is 20.3 Å². The van der Waals surface area contributed by atoms with Crippen LogP contribution in [-0.2, 0) is 6.42 Å². The Morgan fingerprint density at radius 2 is 1.89 bits per heavy atom. The molecule has 0 atom stereocenters. The molecule has 0 aliphatic carbocycles. The summed E-state index contributed by atoms with van der Waals surface area (Å²) in [6, 6.07) is 14.7. The first-order valence-electron chi connectivity index (χ1n) is 8.76. The molecule has 0 fully saturated rings. The molecule has 1 N–H and O–H groups in total. The van der Waals surface area contributed by atoms with Gasteiger partial charge in [0, 0.05) is 17.6 Å². The van der Waals surface area contributed by atoms with Crippen molar-refractivity contribution in [1.29, 1.82) is 0 Å². The number of benzene rings is 2. The molecule has 0 saturated carbocycles. The van der Waals surface area contributed by atoms with Gasteiger partial charge in [-0.15, -0.1) is 0 Å². The number of hydrogen-bond acceptors (Lipinski definition) is 5. The molecule has 0 spiro atoms. The highest BCUT2D eigenvalue weighted by molar-refractivity contribution is 6.03. The number of aromatic hydroxyl groups is 1. The van der Waals surface area contributed by atoms with Crippen molar-refractivity contribution in [1.82, 2.24) is 9.97 Å². The minimum Gasteiger partial charge on any atom is -0.507 e. The van der Waals surface area contributed by atoms with Crippen LogP contribution in [0.4, 0.5) is 0 Å². The quantitative estimate of drug-likeness (QED) is 0.546. The van der Waals surface area contributed by atoms with Crippen LogP contribution in [0.2, 0.25) is 0 Å². The maximum Gasteiger partial charge on any atom is 0.336 e. The van der Waals surface area contributed by atoms with E-state index in [1.807, 2.05) is 43.3 Å². The summed E-state index contributed by atoms with van der Waals surface area (Å²) in [5, 5.41) is 11.6. The Labute approximate surface area is 156 Å². The van der Waals surface area contributed by atoms with Crippen LogP contribution in [0.1, 0.15) is 18.3 Å². The van der Waals surface area contributed by atoms with Crippen LogP contribution >= 0.6 is 0 Å². The Morgan fingerprint density at radius 3 is 2.59 bits per heavy atom. The van der Waals surface area contributed by atoms with E-state index in [1.165, 1.54) is 6.07 Å². The van der Waals surface area contributed by atoms with E-state index < -0.39 is 5.63 Å². The number of phenols is 1. The molecule has 5 nitrogen and oxygen atoms in total. The summed E-state index contributed by atoms with van der Waals surface area (Å²) >= 11 is 0. The van der Waals surface area contributed by atoms with Gasteiger partial charge < -0.3 is 9.52 Å². The van der Waals surface area contributed by atoms with E-state index in [-0.39, 0.29) is 5.75 Å². The lowest BCUT2D eigenvalue weighted by atomic mass is 9.95. The number of fused-ring (bicyclic) bond motifs is 1. The van der Waals surface area contributed by atoms with Gasteiger partial charge in [-0.3, -0.25) is 0 Å². The largest absolute Gasteiger partial charge is 0.507 e. The van der Waals surface area contributed by atoms with Gasteiger partial charge in [0.05, 0.1) is 11.3 Å². The molecule has 5 heteroatoms. The average Bonchev–Trinajstić information content (AvgIpc) is 2.67. The molecule has 27 heavy (non-hydrogen) atoms. The zero-order valence-corrected chi connectivity index (χ0v) is 15.1. The van der Waals surface area contributed by atoms with Gasteiger partial charge in [-0.1, -0.05) is 37.3 Å². The van der Waals surface area contributed by atoms with E-state index >= 15 is 0 Å². The molecule has 2 heterocycles. The Morgan fingerprint density at radius 1 is 1.11 bits per heavy atom. The minimum absolute atomic E-state index is 0.0801. The first-order valence-corrected chi connectivity index (χ1v) is 8.76. The van der Waals surface area contributed by atoms with Crippen LogP contribution < -0.4 is 5.63 Å². The molecular formula is C22H18N2O3. The van der Waals surface area contributed by atoms with Crippen molar-refractivity contribution >= 4 is 11.0 Å². The first-order chi connectivity index (χ1) is 13.1. The average molecular weight is 358 g/mol. The third kappa shape index (κ3) is 2.97. The van der Waals surface area contributed by atoms with Crippen LogP contribution in [-0.4, -0.2) is 15.1 Å². The second-order valence-electron chi connectivity index (χ2n) is 6.32.